The molecular weight excluding hydrogens is 238 g/mol. The number of aliphatic hydroxyl groups is 2. The minimum atomic E-state index is -0.683. The van der Waals surface area contributed by atoms with Crippen molar-refractivity contribution in [2.75, 3.05) is 12.4 Å². The monoisotopic (exact) mass is 253 g/mol. The zero-order chi connectivity index (χ0) is 12.3. The molecule has 0 aliphatic carbocycles. The molecule has 4 nitrogen and oxygen atoms in total. The van der Waals surface area contributed by atoms with Gasteiger partial charge < -0.3 is 15.5 Å². The molecule has 17 heavy (non-hydrogen) atoms. The van der Waals surface area contributed by atoms with Gasteiger partial charge in [-0.15, -0.1) is 0 Å². The molecule has 1 aromatic rings. The number of thioether (sulfide) groups is 1. The number of hydrogen-bond donors (Lipinski definition) is 3. The van der Waals surface area contributed by atoms with E-state index in [1.807, 2.05) is 6.07 Å². The second-order valence-corrected chi connectivity index (χ2v) is 5.26. The maximum absolute atomic E-state index is 11.8. The molecule has 3 unspecified atom stereocenters. The highest BCUT2D eigenvalue weighted by Gasteiger charge is 2.35. The Kier molecular flexibility index (Phi) is 4.04. The number of carbonyl (C=O) groups is 1. The van der Waals surface area contributed by atoms with Crippen LogP contribution in [0.1, 0.15) is 10.4 Å². The highest BCUT2D eigenvalue weighted by Crippen LogP contribution is 2.26. The lowest BCUT2D eigenvalue weighted by Crippen LogP contribution is -2.44. The molecule has 0 aromatic heterocycles. The highest BCUT2D eigenvalue weighted by molar-refractivity contribution is 8.00. The zero-order valence-electron chi connectivity index (χ0n) is 9.24. The van der Waals surface area contributed by atoms with Crippen molar-refractivity contribution in [1.82, 2.24) is 5.32 Å². The third-order valence-corrected chi connectivity index (χ3v) is 4.22. The molecule has 2 rings (SSSR count). The second-order valence-electron chi connectivity index (χ2n) is 3.99. The fourth-order valence-electron chi connectivity index (χ4n) is 1.81. The number of amides is 1. The molecule has 3 atom stereocenters. The molecule has 1 saturated heterocycles. The van der Waals surface area contributed by atoms with Gasteiger partial charge in [-0.25, -0.2) is 0 Å². The van der Waals surface area contributed by atoms with E-state index in [2.05, 4.69) is 5.32 Å². The molecule has 0 spiro atoms. The molecule has 0 saturated carbocycles. The van der Waals surface area contributed by atoms with Gasteiger partial charge >= 0.3 is 0 Å². The predicted octanol–water partition coefficient (Wildman–Crippen LogP) is 0.254. The van der Waals surface area contributed by atoms with Crippen LogP contribution in [0, 0.1) is 0 Å². The summed E-state index contributed by atoms with van der Waals surface area (Å²) < 4.78 is 0. The minimum Gasteiger partial charge on any atom is -0.395 e. The first-order valence-electron chi connectivity index (χ1n) is 5.49. The van der Waals surface area contributed by atoms with E-state index in [9.17, 15) is 9.90 Å². The van der Waals surface area contributed by atoms with Crippen LogP contribution in [0.4, 0.5) is 0 Å². The predicted molar refractivity (Wildman–Crippen MR) is 67.0 cm³/mol. The normalized spacial score (nSPS) is 28.0. The Balaban J connectivity index is 1.96. The number of rotatable bonds is 3. The summed E-state index contributed by atoms with van der Waals surface area (Å²) in [7, 11) is 0. The molecule has 0 radical (unpaired) electrons. The average molecular weight is 253 g/mol. The Morgan fingerprint density at radius 2 is 2.12 bits per heavy atom. The van der Waals surface area contributed by atoms with Crippen molar-refractivity contribution >= 4 is 17.7 Å². The standard InChI is InChI=1S/C12H15NO3S/c14-6-10-11(15)9(7-17-10)13-12(16)8-4-2-1-3-5-8/h1-5,9-11,14-15H,6-7H2,(H,13,16). The SMILES string of the molecule is O=C(NC1CSC(CO)C1O)c1ccccc1. The first-order valence-corrected chi connectivity index (χ1v) is 6.53. The van der Waals surface area contributed by atoms with Gasteiger partial charge in [0.2, 0.25) is 0 Å². The van der Waals surface area contributed by atoms with E-state index in [4.69, 9.17) is 5.11 Å². The summed E-state index contributed by atoms with van der Waals surface area (Å²) in [5.74, 6) is 0.444. The molecule has 1 fully saturated rings. The van der Waals surface area contributed by atoms with E-state index in [0.717, 1.165) is 0 Å². The summed E-state index contributed by atoms with van der Waals surface area (Å²) >= 11 is 1.48. The van der Waals surface area contributed by atoms with Crippen LogP contribution in [-0.2, 0) is 0 Å². The van der Waals surface area contributed by atoms with Crippen LogP contribution in [0.5, 0.6) is 0 Å². The summed E-state index contributed by atoms with van der Waals surface area (Å²) in [6.07, 6.45) is -0.683. The van der Waals surface area contributed by atoms with Crippen molar-refractivity contribution in [1.29, 1.82) is 0 Å². The molecule has 92 valence electrons. The summed E-state index contributed by atoms with van der Waals surface area (Å²) in [4.78, 5) is 11.8. The van der Waals surface area contributed by atoms with E-state index < -0.39 is 6.10 Å². The summed E-state index contributed by atoms with van der Waals surface area (Å²) in [6.45, 7) is -0.0659. The van der Waals surface area contributed by atoms with Crippen LogP contribution < -0.4 is 5.32 Å². The Labute approximate surface area is 104 Å². The second kappa shape index (κ2) is 5.53. The number of aliphatic hydroxyl groups excluding tert-OH is 2. The van der Waals surface area contributed by atoms with Crippen molar-refractivity contribution in [3.8, 4) is 0 Å². The number of benzene rings is 1. The lowest BCUT2D eigenvalue weighted by molar-refractivity contribution is 0.0837. The molecule has 0 bridgehead atoms. The van der Waals surface area contributed by atoms with Crippen LogP contribution in [-0.4, -0.2) is 45.9 Å². The third kappa shape index (κ3) is 2.80. The molecular formula is C12H15NO3S. The highest BCUT2D eigenvalue weighted by atomic mass is 32.2. The Hall–Kier alpha value is -1.04. The maximum atomic E-state index is 11.8. The lowest BCUT2D eigenvalue weighted by Gasteiger charge is -2.18. The van der Waals surface area contributed by atoms with Crippen LogP contribution in [0.15, 0.2) is 30.3 Å². The van der Waals surface area contributed by atoms with Gasteiger partial charge in [0.1, 0.15) is 0 Å². The van der Waals surface area contributed by atoms with Crippen molar-refractivity contribution < 1.29 is 15.0 Å². The van der Waals surface area contributed by atoms with E-state index in [1.165, 1.54) is 11.8 Å². The smallest absolute Gasteiger partial charge is 0.251 e. The van der Waals surface area contributed by atoms with Gasteiger partial charge in [-0.3, -0.25) is 4.79 Å². The van der Waals surface area contributed by atoms with E-state index in [0.29, 0.717) is 11.3 Å². The summed E-state index contributed by atoms with van der Waals surface area (Å²) in [6, 6.07) is 8.61. The van der Waals surface area contributed by atoms with Gasteiger partial charge in [-0.05, 0) is 12.1 Å². The van der Waals surface area contributed by atoms with Gasteiger partial charge in [-0.2, -0.15) is 11.8 Å². The van der Waals surface area contributed by atoms with Gasteiger partial charge in [0.05, 0.1) is 24.0 Å². The summed E-state index contributed by atoms with van der Waals surface area (Å²) in [5, 5.41) is 21.5. The van der Waals surface area contributed by atoms with Gasteiger partial charge in [0.25, 0.3) is 5.91 Å². The van der Waals surface area contributed by atoms with Crippen LogP contribution in [0.2, 0.25) is 0 Å². The van der Waals surface area contributed by atoms with Gasteiger partial charge in [0.15, 0.2) is 0 Å². The topological polar surface area (TPSA) is 69.6 Å². The number of nitrogens with one attached hydrogen (secondary N) is 1. The van der Waals surface area contributed by atoms with Crippen LogP contribution in [0.25, 0.3) is 0 Å². The van der Waals surface area contributed by atoms with E-state index >= 15 is 0 Å². The fourth-order valence-corrected chi connectivity index (χ4v) is 3.04. The van der Waals surface area contributed by atoms with Crippen molar-refractivity contribution in [2.24, 2.45) is 0 Å². The van der Waals surface area contributed by atoms with Crippen LogP contribution in [0.3, 0.4) is 0 Å². The molecule has 1 amide bonds. The minimum absolute atomic E-state index is 0.0659. The number of carbonyl (C=O) groups excluding carboxylic acids is 1. The molecule has 1 aromatic carbocycles. The first-order chi connectivity index (χ1) is 8.22. The molecule has 1 aliphatic heterocycles. The number of hydrogen-bond acceptors (Lipinski definition) is 4. The quantitative estimate of drug-likeness (QED) is 0.722. The largest absolute Gasteiger partial charge is 0.395 e. The zero-order valence-corrected chi connectivity index (χ0v) is 10.1. The van der Waals surface area contributed by atoms with E-state index in [-0.39, 0.29) is 23.8 Å². The fraction of sp³-hybridized carbons (Fsp3) is 0.417. The first kappa shape index (κ1) is 12.4. The average Bonchev–Trinajstić information content (AvgIpc) is 2.71. The Morgan fingerprint density at radius 3 is 2.71 bits per heavy atom. The van der Waals surface area contributed by atoms with Crippen LogP contribution >= 0.6 is 11.8 Å². The Bertz CT molecular complexity index is 385. The van der Waals surface area contributed by atoms with E-state index in [1.54, 1.807) is 24.3 Å². The lowest BCUT2D eigenvalue weighted by atomic mass is 10.1. The summed E-state index contributed by atoms with van der Waals surface area (Å²) in [5.41, 5.74) is 0.581. The van der Waals surface area contributed by atoms with Crippen molar-refractivity contribution in [2.45, 2.75) is 17.4 Å². The van der Waals surface area contributed by atoms with Crippen molar-refractivity contribution in [3.63, 3.8) is 0 Å². The third-order valence-electron chi connectivity index (χ3n) is 2.82. The molecule has 1 aliphatic rings. The maximum Gasteiger partial charge on any atom is 0.251 e. The molecule has 5 heteroatoms. The van der Waals surface area contributed by atoms with Gasteiger partial charge in [0, 0.05) is 11.3 Å². The molecule has 1 heterocycles. The molecule has 3 N–H and O–H groups in total. The van der Waals surface area contributed by atoms with Crippen molar-refractivity contribution in [3.05, 3.63) is 35.9 Å². The van der Waals surface area contributed by atoms with Gasteiger partial charge in [-0.1, -0.05) is 18.2 Å². The Morgan fingerprint density at radius 1 is 1.41 bits per heavy atom.